The summed E-state index contributed by atoms with van der Waals surface area (Å²) in [5.41, 5.74) is 1.73. The molecule has 1 fully saturated rings. The Morgan fingerprint density at radius 3 is 2.79 bits per heavy atom. The van der Waals surface area contributed by atoms with E-state index in [-0.39, 0.29) is 0 Å². The summed E-state index contributed by atoms with van der Waals surface area (Å²) in [4.78, 5) is 0. The molecule has 0 N–H and O–H groups in total. The highest BCUT2D eigenvalue weighted by atomic mass is 16.5. The largest absolute Gasteiger partial charge is 0.501 e. The van der Waals surface area contributed by atoms with Crippen molar-refractivity contribution in [3.8, 4) is 0 Å². The molecule has 1 aliphatic carbocycles. The number of benzene rings is 1. The monoisotopic (exact) mass is 186 g/mol. The fourth-order valence-electron chi connectivity index (χ4n) is 2.86. The molecule has 1 heteroatoms. The second-order valence-electron chi connectivity index (χ2n) is 4.33. The molecule has 0 aromatic heterocycles. The van der Waals surface area contributed by atoms with E-state index < -0.39 is 0 Å². The summed E-state index contributed by atoms with van der Waals surface area (Å²) in [5.74, 6) is 1.42. The van der Waals surface area contributed by atoms with Crippen LogP contribution >= 0.6 is 0 Å². The van der Waals surface area contributed by atoms with Crippen LogP contribution in [0.2, 0.25) is 0 Å². The zero-order valence-electron chi connectivity index (χ0n) is 8.31. The van der Waals surface area contributed by atoms with E-state index in [2.05, 4.69) is 43.3 Å². The Hall–Kier alpha value is -1.24. The van der Waals surface area contributed by atoms with Crippen LogP contribution in [-0.2, 0) is 10.2 Å². The first-order valence-corrected chi connectivity index (χ1v) is 5.20. The highest BCUT2D eigenvalue weighted by molar-refractivity contribution is 5.42. The molecule has 1 saturated carbocycles. The number of rotatable bonds is 1. The average molecular weight is 186 g/mol. The normalized spacial score (nSPS) is 38.6. The summed E-state index contributed by atoms with van der Waals surface area (Å²) in [5, 5.41) is 0. The van der Waals surface area contributed by atoms with Crippen molar-refractivity contribution in [1.29, 1.82) is 0 Å². The molecular weight excluding hydrogens is 172 g/mol. The lowest BCUT2D eigenvalue weighted by atomic mass is 9.91. The van der Waals surface area contributed by atoms with Crippen molar-refractivity contribution in [2.45, 2.75) is 12.3 Å². The van der Waals surface area contributed by atoms with E-state index in [9.17, 15) is 0 Å². The smallest absolute Gasteiger partial charge is 0.0915 e. The van der Waals surface area contributed by atoms with Crippen molar-refractivity contribution in [2.75, 3.05) is 6.61 Å². The predicted octanol–water partition coefficient (Wildman–Crippen LogP) is 2.73. The molecule has 0 spiro atoms. The van der Waals surface area contributed by atoms with Crippen molar-refractivity contribution in [3.63, 3.8) is 0 Å². The molecule has 1 nitrogen and oxygen atoms in total. The van der Waals surface area contributed by atoms with E-state index >= 15 is 0 Å². The number of fused-ring (bicyclic) bond motifs is 1. The van der Waals surface area contributed by atoms with Gasteiger partial charge in [-0.1, -0.05) is 37.3 Å². The second-order valence-corrected chi connectivity index (χ2v) is 4.33. The highest BCUT2D eigenvalue weighted by Crippen LogP contribution is 2.62. The first-order chi connectivity index (χ1) is 6.86. The summed E-state index contributed by atoms with van der Waals surface area (Å²) in [7, 11) is 0. The molecule has 2 aliphatic rings. The molecule has 14 heavy (non-hydrogen) atoms. The lowest BCUT2D eigenvalue weighted by molar-refractivity contribution is 0.211. The van der Waals surface area contributed by atoms with E-state index in [1.165, 1.54) is 5.56 Å². The minimum atomic E-state index is 0.291. The van der Waals surface area contributed by atoms with E-state index in [1.54, 1.807) is 0 Å². The van der Waals surface area contributed by atoms with Gasteiger partial charge >= 0.3 is 0 Å². The van der Waals surface area contributed by atoms with E-state index in [1.807, 2.05) is 6.26 Å². The van der Waals surface area contributed by atoms with Crippen LogP contribution in [0.5, 0.6) is 0 Å². The lowest BCUT2D eigenvalue weighted by Crippen LogP contribution is -2.13. The predicted molar refractivity (Wildman–Crippen MR) is 55.9 cm³/mol. The second kappa shape index (κ2) is 2.63. The van der Waals surface area contributed by atoms with Gasteiger partial charge in [-0.3, -0.25) is 0 Å². The van der Waals surface area contributed by atoms with Crippen LogP contribution in [0.4, 0.5) is 0 Å². The SMILES string of the molecule is C[C@H]1[C@@H]2COC=C[C@]12c1ccccc1. The Balaban J connectivity index is 2.06. The topological polar surface area (TPSA) is 9.23 Å². The lowest BCUT2D eigenvalue weighted by Gasteiger charge is -2.17. The van der Waals surface area contributed by atoms with Gasteiger partial charge in [0, 0.05) is 11.3 Å². The number of allylic oxidation sites excluding steroid dienone is 1. The van der Waals surface area contributed by atoms with Crippen LogP contribution in [0.15, 0.2) is 42.7 Å². The molecule has 0 saturated heterocycles. The Labute approximate surface area is 84.4 Å². The van der Waals surface area contributed by atoms with Gasteiger partial charge < -0.3 is 4.74 Å². The quantitative estimate of drug-likeness (QED) is 0.655. The van der Waals surface area contributed by atoms with Gasteiger partial charge in [-0.15, -0.1) is 0 Å². The molecule has 0 bridgehead atoms. The van der Waals surface area contributed by atoms with Crippen molar-refractivity contribution >= 4 is 0 Å². The maximum atomic E-state index is 5.36. The first-order valence-electron chi connectivity index (χ1n) is 5.20. The summed E-state index contributed by atoms with van der Waals surface area (Å²) < 4.78 is 5.36. The van der Waals surface area contributed by atoms with Gasteiger partial charge in [-0.2, -0.15) is 0 Å². The molecule has 1 heterocycles. The molecule has 0 amide bonds. The summed E-state index contributed by atoms with van der Waals surface area (Å²) in [6.45, 7) is 3.20. The number of hydrogen-bond acceptors (Lipinski definition) is 1. The van der Waals surface area contributed by atoms with Crippen LogP contribution in [0, 0.1) is 11.8 Å². The fraction of sp³-hybridized carbons (Fsp3) is 0.385. The van der Waals surface area contributed by atoms with Crippen molar-refractivity contribution in [2.24, 2.45) is 11.8 Å². The number of hydrogen-bond donors (Lipinski definition) is 0. The molecule has 3 rings (SSSR count). The Kier molecular flexibility index (Phi) is 1.52. The van der Waals surface area contributed by atoms with Crippen molar-refractivity contribution in [1.82, 2.24) is 0 Å². The average Bonchev–Trinajstić information content (AvgIpc) is 2.88. The maximum Gasteiger partial charge on any atom is 0.0915 e. The van der Waals surface area contributed by atoms with Crippen LogP contribution in [0.1, 0.15) is 12.5 Å². The molecule has 1 aromatic rings. The summed E-state index contributed by atoms with van der Waals surface area (Å²) in [6.07, 6.45) is 4.11. The van der Waals surface area contributed by atoms with E-state index in [0.29, 0.717) is 11.3 Å². The van der Waals surface area contributed by atoms with Gasteiger partial charge in [0.2, 0.25) is 0 Å². The fourth-order valence-corrected chi connectivity index (χ4v) is 2.86. The third-order valence-corrected chi connectivity index (χ3v) is 3.85. The number of ether oxygens (including phenoxy) is 1. The Morgan fingerprint density at radius 1 is 1.29 bits per heavy atom. The van der Waals surface area contributed by atoms with Crippen LogP contribution in [0.3, 0.4) is 0 Å². The third-order valence-electron chi connectivity index (χ3n) is 3.85. The van der Waals surface area contributed by atoms with Gasteiger partial charge in [-0.25, -0.2) is 0 Å². The highest BCUT2D eigenvalue weighted by Gasteiger charge is 2.62. The molecule has 0 unspecified atom stereocenters. The van der Waals surface area contributed by atoms with E-state index in [0.717, 1.165) is 12.5 Å². The molecular formula is C13H14O. The maximum absolute atomic E-state index is 5.36. The van der Waals surface area contributed by atoms with Gasteiger partial charge in [0.25, 0.3) is 0 Å². The molecule has 72 valence electrons. The van der Waals surface area contributed by atoms with Crippen LogP contribution in [-0.4, -0.2) is 6.61 Å². The molecule has 1 aliphatic heterocycles. The zero-order chi connectivity index (χ0) is 9.60. The molecule has 0 radical (unpaired) electrons. The van der Waals surface area contributed by atoms with Gasteiger partial charge in [0.05, 0.1) is 12.9 Å². The third kappa shape index (κ3) is 0.848. The van der Waals surface area contributed by atoms with Crippen molar-refractivity contribution in [3.05, 3.63) is 48.2 Å². The van der Waals surface area contributed by atoms with Crippen molar-refractivity contribution < 1.29 is 4.74 Å². The van der Waals surface area contributed by atoms with Crippen LogP contribution in [0.25, 0.3) is 0 Å². The minimum absolute atomic E-state index is 0.291. The first kappa shape index (κ1) is 8.10. The molecule has 3 atom stereocenters. The van der Waals surface area contributed by atoms with Gasteiger partial charge in [0.1, 0.15) is 0 Å². The van der Waals surface area contributed by atoms with E-state index in [4.69, 9.17) is 4.74 Å². The van der Waals surface area contributed by atoms with Gasteiger partial charge in [0.15, 0.2) is 0 Å². The van der Waals surface area contributed by atoms with Crippen LogP contribution < -0.4 is 0 Å². The minimum Gasteiger partial charge on any atom is -0.501 e. The summed E-state index contributed by atoms with van der Waals surface area (Å²) >= 11 is 0. The Bertz CT molecular complexity index is 368. The molecule has 1 aromatic carbocycles. The standard InChI is InChI=1S/C13H14O/c1-10-12-9-14-8-7-13(10,12)11-5-3-2-4-6-11/h2-8,10,12H,9H2,1H3/t10-,12-,13+/m0/s1. The van der Waals surface area contributed by atoms with Gasteiger partial charge in [-0.05, 0) is 17.6 Å². The zero-order valence-corrected chi connectivity index (χ0v) is 8.31. The Morgan fingerprint density at radius 2 is 2.07 bits per heavy atom. The summed E-state index contributed by atoms with van der Waals surface area (Å²) in [6, 6.07) is 10.8.